The molecule has 0 aromatic heterocycles. The van der Waals surface area contributed by atoms with Crippen LogP contribution in [0.5, 0.6) is 0 Å². The first-order valence-electron chi connectivity index (χ1n) is 4.63. The molecule has 1 saturated heterocycles. The highest BCUT2D eigenvalue weighted by atomic mass is 32.1. The molecule has 1 unspecified atom stereocenters. The minimum atomic E-state index is 0.224. The maximum Gasteiger partial charge on any atom is 0.219 e. The van der Waals surface area contributed by atoms with Crippen molar-refractivity contribution < 1.29 is 4.79 Å². The number of piperidine rings is 1. The molecular formula is C9H17NOS. The number of carbonyl (C=O) groups is 1. The highest BCUT2D eigenvalue weighted by molar-refractivity contribution is 7.80. The van der Waals surface area contributed by atoms with E-state index in [0.29, 0.717) is 6.04 Å². The summed E-state index contributed by atoms with van der Waals surface area (Å²) in [5, 5.41) is 0. The third-order valence-corrected chi connectivity index (χ3v) is 2.75. The van der Waals surface area contributed by atoms with Gasteiger partial charge in [0.25, 0.3) is 0 Å². The fourth-order valence-corrected chi connectivity index (χ4v) is 2.16. The van der Waals surface area contributed by atoms with Crippen LogP contribution in [0.25, 0.3) is 0 Å². The predicted molar refractivity (Wildman–Crippen MR) is 53.5 cm³/mol. The molecule has 12 heavy (non-hydrogen) atoms. The van der Waals surface area contributed by atoms with Gasteiger partial charge in [0.1, 0.15) is 0 Å². The van der Waals surface area contributed by atoms with Gasteiger partial charge >= 0.3 is 0 Å². The van der Waals surface area contributed by atoms with Crippen LogP contribution in [0, 0.1) is 0 Å². The van der Waals surface area contributed by atoms with Crippen LogP contribution in [0.1, 0.15) is 32.6 Å². The molecule has 0 N–H and O–H groups in total. The lowest BCUT2D eigenvalue weighted by Gasteiger charge is -2.34. The number of rotatable bonds is 2. The Morgan fingerprint density at radius 1 is 1.58 bits per heavy atom. The first-order chi connectivity index (χ1) is 5.75. The van der Waals surface area contributed by atoms with Crippen molar-refractivity contribution in [1.82, 2.24) is 4.90 Å². The lowest BCUT2D eigenvalue weighted by atomic mass is 10.00. The molecule has 0 saturated carbocycles. The second-order valence-electron chi connectivity index (χ2n) is 3.37. The predicted octanol–water partition coefficient (Wildman–Crippen LogP) is 1.71. The summed E-state index contributed by atoms with van der Waals surface area (Å²) in [5.41, 5.74) is 0. The highest BCUT2D eigenvalue weighted by Crippen LogP contribution is 2.19. The fraction of sp³-hybridized carbons (Fsp3) is 0.889. The summed E-state index contributed by atoms with van der Waals surface area (Å²) >= 11 is 4.20. The van der Waals surface area contributed by atoms with E-state index in [1.165, 1.54) is 19.3 Å². The van der Waals surface area contributed by atoms with E-state index in [1.54, 1.807) is 6.92 Å². The van der Waals surface area contributed by atoms with Crippen LogP contribution < -0.4 is 0 Å². The molecule has 0 aliphatic carbocycles. The smallest absolute Gasteiger partial charge is 0.219 e. The maximum absolute atomic E-state index is 11.2. The van der Waals surface area contributed by atoms with E-state index in [-0.39, 0.29) is 5.91 Å². The zero-order valence-corrected chi connectivity index (χ0v) is 8.52. The largest absolute Gasteiger partial charge is 0.340 e. The molecule has 0 spiro atoms. The van der Waals surface area contributed by atoms with Crippen molar-refractivity contribution in [2.45, 2.75) is 38.6 Å². The van der Waals surface area contributed by atoms with Gasteiger partial charge in [0.2, 0.25) is 5.91 Å². The van der Waals surface area contributed by atoms with Gasteiger partial charge in [0.15, 0.2) is 0 Å². The molecular weight excluding hydrogens is 170 g/mol. The monoisotopic (exact) mass is 187 g/mol. The van der Waals surface area contributed by atoms with Crippen molar-refractivity contribution in [3.8, 4) is 0 Å². The number of hydrogen-bond acceptors (Lipinski definition) is 2. The van der Waals surface area contributed by atoms with E-state index in [1.807, 2.05) is 4.90 Å². The second-order valence-corrected chi connectivity index (χ2v) is 3.82. The van der Waals surface area contributed by atoms with Crippen LogP contribution in [-0.4, -0.2) is 29.1 Å². The number of thiol groups is 1. The van der Waals surface area contributed by atoms with E-state index in [0.717, 1.165) is 18.7 Å². The van der Waals surface area contributed by atoms with Crippen LogP contribution in [-0.2, 0) is 4.79 Å². The third kappa shape index (κ3) is 2.41. The number of likely N-dealkylation sites (tertiary alicyclic amines) is 1. The average Bonchev–Trinajstić information content (AvgIpc) is 2.05. The van der Waals surface area contributed by atoms with Gasteiger partial charge < -0.3 is 4.90 Å². The normalized spacial score (nSPS) is 24.2. The molecule has 3 heteroatoms. The number of nitrogens with zero attached hydrogens (tertiary/aromatic N) is 1. The quantitative estimate of drug-likeness (QED) is 0.653. The molecule has 2 nitrogen and oxygen atoms in total. The Balaban J connectivity index is 2.48. The van der Waals surface area contributed by atoms with Crippen LogP contribution in [0.2, 0.25) is 0 Å². The first-order valence-corrected chi connectivity index (χ1v) is 5.27. The first kappa shape index (κ1) is 9.90. The standard InChI is InChI=1S/C9H17NOS/c1-8(11)10-6-3-2-4-9(10)5-7-12/h9,12H,2-7H2,1H3. The van der Waals surface area contributed by atoms with Gasteiger partial charge in [-0.1, -0.05) is 0 Å². The van der Waals surface area contributed by atoms with Crippen molar-refractivity contribution in [1.29, 1.82) is 0 Å². The highest BCUT2D eigenvalue weighted by Gasteiger charge is 2.22. The number of hydrogen-bond donors (Lipinski definition) is 1. The zero-order valence-electron chi connectivity index (χ0n) is 7.62. The minimum absolute atomic E-state index is 0.224. The number of amides is 1. The SMILES string of the molecule is CC(=O)N1CCCCC1CCS. The summed E-state index contributed by atoms with van der Waals surface area (Å²) in [5.74, 6) is 1.11. The molecule has 1 atom stereocenters. The average molecular weight is 187 g/mol. The topological polar surface area (TPSA) is 20.3 Å². The van der Waals surface area contributed by atoms with Crippen molar-refractivity contribution in [2.75, 3.05) is 12.3 Å². The van der Waals surface area contributed by atoms with Gasteiger partial charge in [0, 0.05) is 19.5 Å². The summed E-state index contributed by atoms with van der Waals surface area (Å²) < 4.78 is 0. The Bertz CT molecular complexity index is 159. The van der Waals surface area contributed by atoms with Gasteiger partial charge in [-0.25, -0.2) is 0 Å². The van der Waals surface area contributed by atoms with Crippen LogP contribution >= 0.6 is 12.6 Å². The third-order valence-electron chi connectivity index (χ3n) is 2.49. The zero-order chi connectivity index (χ0) is 8.97. The summed E-state index contributed by atoms with van der Waals surface area (Å²) in [7, 11) is 0. The van der Waals surface area contributed by atoms with E-state index >= 15 is 0 Å². The molecule has 0 aromatic rings. The van der Waals surface area contributed by atoms with Crippen LogP contribution in [0.4, 0.5) is 0 Å². The minimum Gasteiger partial charge on any atom is -0.340 e. The van der Waals surface area contributed by atoms with Crippen LogP contribution in [0.15, 0.2) is 0 Å². The molecule has 1 rings (SSSR count). The van der Waals surface area contributed by atoms with E-state index < -0.39 is 0 Å². The Labute approximate surface area is 79.7 Å². The summed E-state index contributed by atoms with van der Waals surface area (Å²) in [6.07, 6.45) is 4.65. The lowest BCUT2D eigenvalue weighted by molar-refractivity contribution is -0.132. The van der Waals surface area contributed by atoms with Crippen molar-refractivity contribution in [3.63, 3.8) is 0 Å². The van der Waals surface area contributed by atoms with E-state index in [9.17, 15) is 4.79 Å². The summed E-state index contributed by atoms with van der Waals surface area (Å²) in [6.45, 7) is 2.62. The van der Waals surface area contributed by atoms with Gasteiger partial charge in [-0.15, -0.1) is 0 Å². The van der Waals surface area contributed by atoms with Crippen molar-refractivity contribution in [3.05, 3.63) is 0 Å². The van der Waals surface area contributed by atoms with Crippen molar-refractivity contribution >= 4 is 18.5 Å². The van der Waals surface area contributed by atoms with Gasteiger partial charge in [-0.3, -0.25) is 4.79 Å². The van der Waals surface area contributed by atoms with Gasteiger partial charge in [-0.2, -0.15) is 12.6 Å². The Morgan fingerprint density at radius 2 is 2.33 bits per heavy atom. The lowest BCUT2D eigenvalue weighted by Crippen LogP contribution is -2.42. The molecule has 0 aromatic carbocycles. The molecule has 1 amide bonds. The second kappa shape index (κ2) is 4.75. The molecule has 1 heterocycles. The van der Waals surface area contributed by atoms with Crippen LogP contribution in [0.3, 0.4) is 0 Å². The summed E-state index contributed by atoms with van der Waals surface area (Å²) in [6, 6.07) is 0.466. The number of carbonyl (C=O) groups excluding carboxylic acids is 1. The molecule has 0 radical (unpaired) electrons. The van der Waals surface area contributed by atoms with E-state index in [4.69, 9.17) is 0 Å². The van der Waals surface area contributed by atoms with Gasteiger partial charge in [0.05, 0.1) is 0 Å². The molecule has 0 bridgehead atoms. The molecule has 1 aliphatic rings. The van der Waals surface area contributed by atoms with E-state index in [2.05, 4.69) is 12.6 Å². The van der Waals surface area contributed by atoms with Crippen molar-refractivity contribution in [2.24, 2.45) is 0 Å². The maximum atomic E-state index is 11.2. The molecule has 70 valence electrons. The Kier molecular flexibility index (Phi) is 3.92. The molecule has 1 fully saturated rings. The Morgan fingerprint density at radius 3 is 2.92 bits per heavy atom. The summed E-state index contributed by atoms with van der Waals surface area (Å²) in [4.78, 5) is 13.2. The molecule has 1 aliphatic heterocycles. The van der Waals surface area contributed by atoms with Gasteiger partial charge in [-0.05, 0) is 31.4 Å². The Hall–Kier alpha value is -0.180. The fourth-order valence-electron chi connectivity index (χ4n) is 1.86.